The fourth-order valence-corrected chi connectivity index (χ4v) is 2.49. The van der Waals surface area contributed by atoms with Crippen LogP contribution in [0.1, 0.15) is 25.1 Å². The number of nitrogens with two attached hydrogens (primary N) is 1. The third-order valence-corrected chi connectivity index (χ3v) is 3.51. The molecule has 0 atom stereocenters. The predicted octanol–water partition coefficient (Wildman–Crippen LogP) is 1.34. The van der Waals surface area contributed by atoms with Crippen molar-refractivity contribution in [1.29, 1.82) is 0 Å². The maximum atomic E-state index is 5.73. The number of hydrogen-bond acceptors (Lipinski definition) is 4. The smallest absolute Gasteiger partial charge is 0.157 e. The van der Waals surface area contributed by atoms with Gasteiger partial charge in [-0.3, -0.25) is 0 Å². The molecule has 0 saturated carbocycles. The Bertz CT molecular complexity index is 527. The Kier molecular flexibility index (Phi) is 3.15. The molecule has 2 N–H and O–H groups in total. The molecule has 1 aliphatic rings. The molecule has 5 heteroatoms. The van der Waals surface area contributed by atoms with Crippen LogP contribution in [0.5, 0.6) is 0 Å². The molecule has 0 unspecified atom stereocenters. The van der Waals surface area contributed by atoms with E-state index in [-0.39, 0.29) is 0 Å². The summed E-state index contributed by atoms with van der Waals surface area (Å²) in [5.41, 5.74) is 7.31. The van der Waals surface area contributed by atoms with Gasteiger partial charge in [-0.05, 0) is 32.0 Å². The van der Waals surface area contributed by atoms with Gasteiger partial charge in [0.2, 0.25) is 0 Å². The third kappa shape index (κ3) is 2.46. The van der Waals surface area contributed by atoms with Crippen LogP contribution in [-0.4, -0.2) is 39.1 Å². The van der Waals surface area contributed by atoms with Crippen LogP contribution in [0.15, 0.2) is 18.3 Å². The van der Waals surface area contributed by atoms with Crippen LogP contribution in [0.2, 0.25) is 0 Å². The zero-order valence-electron chi connectivity index (χ0n) is 10.5. The Labute approximate surface area is 107 Å². The standard InChI is InChI=1S/C13H19N5/c14-11-4-9-18-13(10-11)15-12(16-18)5-8-17-6-2-1-3-7-17/h4,9-10H,1-3,5-8,14H2. The number of hydrogen-bond donors (Lipinski definition) is 1. The first-order valence-corrected chi connectivity index (χ1v) is 6.64. The van der Waals surface area contributed by atoms with Gasteiger partial charge >= 0.3 is 0 Å². The first-order chi connectivity index (χ1) is 8.81. The number of pyridine rings is 1. The van der Waals surface area contributed by atoms with Gasteiger partial charge in [-0.25, -0.2) is 9.50 Å². The summed E-state index contributed by atoms with van der Waals surface area (Å²) < 4.78 is 1.79. The molecule has 1 aliphatic heterocycles. The normalized spacial score (nSPS) is 17.3. The van der Waals surface area contributed by atoms with Crippen LogP contribution in [0.3, 0.4) is 0 Å². The van der Waals surface area contributed by atoms with Crippen molar-refractivity contribution in [1.82, 2.24) is 19.5 Å². The highest BCUT2D eigenvalue weighted by molar-refractivity contribution is 5.50. The SMILES string of the molecule is Nc1ccn2nc(CCN3CCCCC3)nc2c1. The monoisotopic (exact) mass is 245 g/mol. The Morgan fingerprint density at radius 3 is 2.89 bits per heavy atom. The van der Waals surface area contributed by atoms with Crippen molar-refractivity contribution in [3.05, 3.63) is 24.2 Å². The fraction of sp³-hybridized carbons (Fsp3) is 0.538. The molecule has 3 rings (SSSR count). The summed E-state index contributed by atoms with van der Waals surface area (Å²) in [5, 5.41) is 4.46. The van der Waals surface area contributed by atoms with E-state index >= 15 is 0 Å². The van der Waals surface area contributed by atoms with Gasteiger partial charge in [-0.15, -0.1) is 0 Å². The van der Waals surface area contributed by atoms with E-state index < -0.39 is 0 Å². The van der Waals surface area contributed by atoms with Crippen molar-refractivity contribution in [2.75, 3.05) is 25.4 Å². The lowest BCUT2D eigenvalue weighted by atomic mass is 10.1. The third-order valence-electron chi connectivity index (χ3n) is 3.51. The van der Waals surface area contributed by atoms with Crippen LogP contribution in [-0.2, 0) is 6.42 Å². The summed E-state index contributed by atoms with van der Waals surface area (Å²) in [4.78, 5) is 7.01. The minimum atomic E-state index is 0.734. The van der Waals surface area contributed by atoms with Crippen molar-refractivity contribution < 1.29 is 0 Å². The number of likely N-dealkylation sites (tertiary alicyclic amines) is 1. The molecule has 0 radical (unpaired) electrons. The van der Waals surface area contributed by atoms with Gasteiger partial charge in [0.25, 0.3) is 0 Å². The number of piperidine rings is 1. The first kappa shape index (κ1) is 11.5. The van der Waals surface area contributed by atoms with Gasteiger partial charge in [-0.1, -0.05) is 6.42 Å². The molecule has 1 fully saturated rings. The number of rotatable bonds is 3. The van der Waals surface area contributed by atoms with Crippen molar-refractivity contribution in [3.8, 4) is 0 Å². The zero-order valence-corrected chi connectivity index (χ0v) is 10.5. The van der Waals surface area contributed by atoms with Gasteiger partial charge in [0.05, 0.1) is 0 Å². The van der Waals surface area contributed by atoms with Crippen LogP contribution in [0, 0.1) is 0 Å². The van der Waals surface area contributed by atoms with Crippen molar-refractivity contribution in [2.24, 2.45) is 0 Å². The quantitative estimate of drug-likeness (QED) is 0.886. The molecule has 18 heavy (non-hydrogen) atoms. The van der Waals surface area contributed by atoms with Crippen molar-refractivity contribution in [3.63, 3.8) is 0 Å². The zero-order chi connectivity index (χ0) is 12.4. The second-order valence-electron chi connectivity index (χ2n) is 4.94. The van der Waals surface area contributed by atoms with Crippen LogP contribution < -0.4 is 5.73 Å². The van der Waals surface area contributed by atoms with E-state index in [1.807, 2.05) is 18.3 Å². The lowest BCUT2D eigenvalue weighted by Gasteiger charge is -2.25. The first-order valence-electron chi connectivity index (χ1n) is 6.64. The van der Waals surface area contributed by atoms with Gasteiger partial charge in [0.1, 0.15) is 0 Å². The molecule has 0 aromatic carbocycles. The van der Waals surface area contributed by atoms with Crippen molar-refractivity contribution >= 4 is 11.3 Å². The van der Waals surface area contributed by atoms with Gasteiger partial charge < -0.3 is 10.6 Å². The summed E-state index contributed by atoms with van der Waals surface area (Å²) >= 11 is 0. The Balaban J connectivity index is 1.67. The van der Waals surface area contributed by atoms with Crippen LogP contribution in [0.4, 0.5) is 5.69 Å². The van der Waals surface area contributed by atoms with Crippen LogP contribution in [0.25, 0.3) is 5.65 Å². The number of anilines is 1. The average molecular weight is 245 g/mol. The summed E-state index contributed by atoms with van der Waals surface area (Å²) in [6.45, 7) is 3.51. The molecule has 2 aromatic rings. The summed E-state index contributed by atoms with van der Waals surface area (Å²) in [7, 11) is 0. The Hall–Kier alpha value is -1.62. The second kappa shape index (κ2) is 4.94. The largest absolute Gasteiger partial charge is 0.399 e. The molecule has 0 bridgehead atoms. The number of nitrogens with zero attached hydrogens (tertiary/aromatic N) is 4. The molecule has 1 saturated heterocycles. The Morgan fingerprint density at radius 1 is 1.22 bits per heavy atom. The van der Waals surface area contributed by atoms with E-state index in [1.54, 1.807) is 4.52 Å². The molecule has 5 nitrogen and oxygen atoms in total. The summed E-state index contributed by atoms with van der Waals surface area (Å²) in [6, 6.07) is 3.70. The second-order valence-corrected chi connectivity index (χ2v) is 4.94. The molecule has 3 heterocycles. The number of aromatic nitrogens is 3. The minimum Gasteiger partial charge on any atom is -0.399 e. The van der Waals surface area contributed by atoms with Gasteiger partial charge in [0, 0.05) is 30.9 Å². The number of nitrogen functional groups attached to an aromatic ring is 1. The van der Waals surface area contributed by atoms with Crippen molar-refractivity contribution in [2.45, 2.75) is 25.7 Å². The highest BCUT2D eigenvalue weighted by Gasteiger charge is 2.11. The molecule has 0 amide bonds. The highest BCUT2D eigenvalue weighted by atomic mass is 15.3. The van der Waals surface area contributed by atoms with Gasteiger partial charge in [-0.2, -0.15) is 5.10 Å². The molecule has 0 aliphatic carbocycles. The minimum absolute atomic E-state index is 0.734. The van der Waals surface area contributed by atoms with Crippen LogP contribution >= 0.6 is 0 Å². The molecule has 0 spiro atoms. The summed E-state index contributed by atoms with van der Waals surface area (Å²) in [5.74, 6) is 0.908. The van der Waals surface area contributed by atoms with E-state index in [0.717, 1.165) is 30.1 Å². The summed E-state index contributed by atoms with van der Waals surface area (Å²) in [6.07, 6.45) is 6.82. The van der Waals surface area contributed by atoms with E-state index in [2.05, 4.69) is 15.0 Å². The lowest BCUT2D eigenvalue weighted by Crippen LogP contribution is -2.31. The molecular weight excluding hydrogens is 226 g/mol. The van der Waals surface area contributed by atoms with E-state index in [9.17, 15) is 0 Å². The van der Waals surface area contributed by atoms with E-state index in [1.165, 1.54) is 32.4 Å². The Morgan fingerprint density at radius 2 is 2.06 bits per heavy atom. The lowest BCUT2D eigenvalue weighted by molar-refractivity contribution is 0.230. The molecular formula is C13H19N5. The number of fused-ring (bicyclic) bond motifs is 1. The fourth-order valence-electron chi connectivity index (χ4n) is 2.49. The maximum absolute atomic E-state index is 5.73. The predicted molar refractivity (Wildman–Crippen MR) is 71.4 cm³/mol. The van der Waals surface area contributed by atoms with E-state index in [4.69, 9.17) is 5.73 Å². The van der Waals surface area contributed by atoms with E-state index in [0.29, 0.717) is 0 Å². The molecule has 96 valence electrons. The average Bonchev–Trinajstić information content (AvgIpc) is 2.79. The topological polar surface area (TPSA) is 59.5 Å². The van der Waals surface area contributed by atoms with Gasteiger partial charge in [0.15, 0.2) is 11.5 Å². The maximum Gasteiger partial charge on any atom is 0.157 e. The molecule has 2 aromatic heterocycles. The highest BCUT2D eigenvalue weighted by Crippen LogP contribution is 2.10.